The third-order valence-corrected chi connectivity index (χ3v) is 9.24. The normalized spacial score (nSPS) is 21.4. The highest BCUT2D eigenvalue weighted by Gasteiger charge is 2.48. The van der Waals surface area contributed by atoms with Crippen molar-refractivity contribution in [3.8, 4) is 0 Å². The molecule has 1 aliphatic heterocycles. The maximum atomic E-state index is 6.86. The van der Waals surface area contributed by atoms with Crippen LogP contribution >= 0.6 is 11.8 Å². The van der Waals surface area contributed by atoms with Crippen molar-refractivity contribution in [2.45, 2.75) is 63.2 Å². The summed E-state index contributed by atoms with van der Waals surface area (Å²) in [5.74, 6) is 0.872. The summed E-state index contributed by atoms with van der Waals surface area (Å²) in [6.45, 7) is 4.31. The van der Waals surface area contributed by atoms with Gasteiger partial charge < -0.3 is 23.7 Å². The van der Waals surface area contributed by atoms with Crippen LogP contribution in [0.1, 0.15) is 29.2 Å². The van der Waals surface area contributed by atoms with Gasteiger partial charge in [0.2, 0.25) is 0 Å². The molecule has 1 heterocycles. The van der Waals surface area contributed by atoms with Crippen LogP contribution in [0.25, 0.3) is 10.8 Å². The first-order valence-corrected chi connectivity index (χ1v) is 17.1. The van der Waals surface area contributed by atoms with Crippen molar-refractivity contribution >= 4 is 22.5 Å². The van der Waals surface area contributed by atoms with Crippen molar-refractivity contribution in [1.29, 1.82) is 0 Å². The maximum Gasteiger partial charge on any atom is 0.132 e. The molecule has 0 N–H and O–H groups in total. The predicted octanol–water partition coefficient (Wildman–Crippen LogP) is 8.59. The molecule has 1 fully saturated rings. The molecule has 0 aliphatic carbocycles. The minimum absolute atomic E-state index is 0.261. The predicted molar refractivity (Wildman–Crippen MR) is 185 cm³/mol. The van der Waals surface area contributed by atoms with Gasteiger partial charge in [-0.25, -0.2) is 0 Å². The second-order valence-electron chi connectivity index (χ2n) is 11.4. The second-order valence-corrected chi connectivity index (χ2v) is 12.8. The van der Waals surface area contributed by atoms with Crippen molar-refractivity contribution in [3.63, 3.8) is 0 Å². The molecule has 5 nitrogen and oxygen atoms in total. The molecule has 0 radical (unpaired) electrons. The van der Waals surface area contributed by atoms with E-state index in [0.717, 1.165) is 28.0 Å². The molecule has 1 saturated heterocycles. The molecule has 46 heavy (non-hydrogen) atoms. The number of benzene rings is 5. The van der Waals surface area contributed by atoms with Gasteiger partial charge >= 0.3 is 0 Å². The zero-order chi connectivity index (χ0) is 31.4. The van der Waals surface area contributed by atoms with E-state index in [-0.39, 0.29) is 17.6 Å². The van der Waals surface area contributed by atoms with Gasteiger partial charge in [0.15, 0.2) is 0 Å². The molecule has 5 atom stereocenters. The van der Waals surface area contributed by atoms with Crippen molar-refractivity contribution in [1.82, 2.24) is 0 Å². The Bertz CT molecular complexity index is 1590. The Balaban J connectivity index is 1.29. The van der Waals surface area contributed by atoms with Crippen molar-refractivity contribution in [3.05, 3.63) is 156 Å². The summed E-state index contributed by atoms with van der Waals surface area (Å²) in [4.78, 5) is 0. The minimum atomic E-state index is -0.425. The van der Waals surface area contributed by atoms with Gasteiger partial charge in [0.1, 0.15) is 29.9 Å². The van der Waals surface area contributed by atoms with Crippen LogP contribution in [-0.4, -0.2) is 42.2 Å². The number of thioether (sulfide) groups is 1. The minimum Gasteiger partial charge on any atom is -0.374 e. The highest BCUT2D eigenvalue weighted by Crippen LogP contribution is 2.36. The zero-order valence-corrected chi connectivity index (χ0v) is 27.1. The SMILES string of the molecule is CCS[C@H]1O[C@H](COCc2ccccc2)[C@@H](OCc2ccccc2)[C@H](OCc2ccccc2)[C@@H]1OCc1cccc2ccccc12. The molecular formula is C40H42O5S. The summed E-state index contributed by atoms with van der Waals surface area (Å²) >= 11 is 1.74. The second kappa shape index (κ2) is 16.9. The average molecular weight is 635 g/mol. The van der Waals surface area contributed by atoms with E-state index in [4.69, 9.17) is 23.7 Å². The van der Waals surface area contributed by atoms with Crippen molar-refractivity contribution in [2.75, 3.05) is 12.4 Å². The lowest BCUT2D eigenvalue weighted by Gasteiger charge is -2.46. The van der Waals surface area contributed by atoms with E-state index in [1.54, 1.807) is 11.8 Å². The molecule has 6 heteroatoms. The Morgan fingerprint density at radius 1 is 0.543 bits per heavy atom. The average Bonchev–Trinajstić information content (AvgIpc) is 3.11. The monoisotopic (exact) mass is 634 g/mol. The van der Waals surface area contributed by atoms with E-state index in [1.165, 1.54) is 10.8 Å². The topological polar surface area (TPSA) is 46.2 Å². The summed E-state index contributed by atoms with van der Waals surface area (Å²) in [7, 11) is 0. The Kier molecular flexibility index (Phi) is 11.9. The zero-order valence-electron chi connectivity index (χ0n) is 26.3. The molecule has 0 amide bonds. The van der Waals surface area contributed by atoms with E-state index >= 15 is 0 Å². The molecule has 6 rings (SSSR count). The molecule has 0 aromatic heterocycles. The first kappa shape index (κ1) is 32.5. The molecular weight excluding hydrogens is 593 g/mol. The molecule has 238 valence electrons. The van der Waals surface area contributed by atoms with Gasteiger partial charge in [-0.2, -0.15) is 0 Å². The first-order valence-electron chi connectivity index (χ1n) is 16.1. The van der Waals surface area contributed by atoms with Crippen LogP contribution in [0.2, 0.25) is 0 Å². The lowest BCUT2D eigenvalue weighted by Crippen LogP contribution is -2.60. The van der Waals surface area contributed by atoms with Crippen LogP contribution < -0.4 is 0 Å². The molecule has 0 bridgehead atoms. The molecule has 1 aliphatic rings. The van der Waals surface area contributed by atoms with E-state index in [0.29, 0.717) is 33.0 Å². The molecule has 0 spiro atoms. The van der Waals surface area contributed by atoms with Crippen molar-refractivity contribution < 1.29 is 23.7 Å². The van der Waals surface area contributed by atoms with E-state index in [2.05, 4.69) is 85.8 Å². The third-order valence-electron chi connectivity index (χ3n) is 8.20. The maximum absolute atomic E-state index is 6.86. The van der Waals surface area contributed by atoms with Gasteiger partial charge in [0.25, 0.3) is 0 Å². The molecule has 0 unspecified atom stereocenters. The lowest BCUT2D eigenvalue weighted by atomic mass is 9.98. The Morgan fingerprint density at radius 2 is 1.09 bits per heavy atom. The number of rotatable bonds is 15. The summed E-state index contributed by atoms with van der Waals surface area (Å²) in [5, 5.41) is 2.38. The Hall–Kier alpha value is -3.49. The fraction of sp³-hybridized carbons (Fsp3) is 0.300. The summed E-state index contributed by atoms with van der Waals surface area (Å²) < 4.78 is 33.6. The summed E-state index contributed by atoms with van der Waals surface area (Å²) in [5.41, 5.74) is 4.18. The van der Waals surface area contributed by atoms with Gasteiger partial charge in [0, 0.05) is 0 Å². The Morgan fingerprint density at radius 3 is 1.74 bits per heavy atom. The van der Waals surface area contributed by atoms with Gasteiger partial charge in [-0.15, -0.1) is 11.8 Å². The standard InChI is InChI=1S/C40H42O5S/c1-2-46-40-39(44-28-34-23-14-22-33-21-12-13-24-35(33)34)38(43-27-32-19-10-5-11-20-32)37(42-26-31-17-8-4-9-18-31)36(45-40)29-41-25-30-15-6-3-7-16-30/h3-24,36-40H,2,25-29H2,1H3/t36-,37-,38+,39+,40-/m1/s1. The van der Waals surface area contributed by atoms with Gasteiger partial charge in [-0.3, -0.25) is 0 Å². The van der Waals surface area contributed by atoms with Crippen LogP contribution in [-0.2, 0) is 50.1 Å². The lowest BCUT2D eigenvalue weighted by molar-refractivity contribution is -0.254. The fourth-order valence-corrected chi connectivity index (χ4v) is 6.86. The first-order chi connectivity index (χ1) is 22.8. The van der Waals surface area contributed by atoms with Gasteiger partial charge in [0.05, 0.1) is 33.0 Å². The number of ether oxygens (including phenoxy) is 5. The highest BCUT2D eigenvalue weighted by molar-refractivity contribution is 7.99. The largest absolute Gasteiger partial charge is 0.374 e. The van der Waals surface area contributed by atoms with Crippen LogP contribution in [0.15, 0.2) is 133 Å². The molecule has 5 aromatic carbocycles. The van der Waals surface area contributed by atoms with E-state index in [1.807, 2.05) is 54.6 Å². The van der Waals surface area contributed by atoms with Crippen LogP contribution in [0.5, 0.6) is 0 Å². The third kappa shape index (κ3) is 8.65. The van der Waals surface area contributed by atoms with Gasteiger partial charge in [-0.1, -0.05) is 140 Å². The quantitative estimate of drug-likeness (QED) is 0.115. The number of hydrogen-bond donors (Lipinski definition) is 0. The highest BCUT2D eigenvalue weighted by atomic mass is 32.2. The van der Waals surface area contributed by atoms with Crippen LogP contribution in [0.3, 0.4) is 0 Å². The smallest absolute Gasteiger partial charge is 0.132 e. The van der Waals surface area contributed by atoms with Gasteiger partial charge in [-0.05, 0) is 38.8 Å². The summed E-state index contributed by atoms with van der Waals surface area (Å²) in [6.07, 6.45) is -1.55. The Labute approximate surface area is 276 Å². The van der Waals surface area contributed by atoms with E-state index < -0.39 is 12.2 Å². The number of fused-ring (bicyclic) bond motifs is 1. The fourth-order valence-electron chi connectivity index (χ4n) is 5.88. The van der Waals surface area contributed by atoms with Crippen LogP contribution in [0.4, 0.5) is 0 Å². The number of hydrogen-bond acceptors (Lipinski definition) is 6. The molecule has 0 saturated carbocycles. The molecule has 5 aromatic rings. The van der Waals surface area contributed by atoms with Crippen molar-refractivity contribution in [2.24, 2.45) is 0 Å². The van der Waals surface area contributed by atoms with E-state index in [9.17, 15) is 0 Å². The van der Waals surface area contributed by atoms with Crippen LogP contribution in [0, 0.1) is 0 Å². The summed E-state index contributed by atoms with van der Waals surface area (Å²) in [6, 6.07) is 45.5.